The second-order valence-corrected chi connectivity index (χ2v) is 9.26. The summed E-state index contributed by atoms with van der Waals surface area (Å²) >= 11 is 1.52. The molecule has 1 aliphatic carbocycles. The molecule has 1 fully saturated rings. The van der Waals surface area contributed by atoms with Crippen LogP contribution in [0.1, 0.15) is 54.9 Å². The van der Waals surface area contributed by atoms with Crippen LogP contribution in [-0.4, -0.2) is 61.5 Å². The van der Waals surface area contributed by atoms with Crippen molar-refractivity contribution < 1.29 is 24.0 Å². The molecule has 2 N–H and O–H groups in total. The Labute approximate surface area is 176 Å². The summed E-state index contributed by atoms with van der Waals surface area (Å²) in [5, 5.41) is 3.66. The fraction of sp³-hybridized carbons (Fsp3) is 0.667. The number of rotatable bonds is 5. The molecule has 3 rings (SSSR count). The van der Waals surface area contributed by atoms with E-state index in [-0.39, 0.29) is 23.8 Å². The second kappa shape index (κ2) is 9.26. The standard InChI is InChI=1S/C21H31N3O4S/c1-5-28-21(27)18-16-7-6-13(2)12-17(16)29-20(18)22-19(26)14(3)23-8-10-24(11-9-23)15(4)25/h13-14H,5-12H2,1-4H3,(H,22,26)/p+1/t13-,14-/m1/s1. The van der Waals surface area contributed by atoms with E-state index in [1.807, 2.05) is 11.8 Å². The van der Waals surface area contributed by atoms with Gasteiger partial charge in [-0.3, -0.25) is 9.59 Å². The van der Waals surface area contributed by atoms with Gasteiger partial charge in [-0.15, -0.1) is 11.3 Å². The van der Waals surface area contributed by atoms with Gasteiger partial charge in [0.05, 0.1) is 38.3 Å². The number of hydrogen-bond donors (Lipinski definition) is 2. The molecule has 2 atom stereocenters. The van der Waals surface area contributed by atoms with Gasteiger partial charge < -0.3 is 19.9 Å². The predicted octanol–water partition coefficient (Wildman–Crippen LogP) is 1.12. The number of piperazine rings is 1. The summed E-state index contributed by atoms with van der Waals surface area (Å²) in [6, 6.07) is -0.253. The van der Waals surface area contributed by atoms with Crippen LogP contribution in [0.4, 0.5) is 5.00 Å². The van der Waals surface area contributed by atoms with Crippen molar-refractivity contribution in [2.75, 3.05) is 38.1 Å². The van der Waals surface area contributed by atoms with Gasteiger partial charge in [0.1, 0.15) is 5.00 Å². The molecule has 1 aliphatic heterocycles. The maximum Gasteiger partial charge on any atom is 0.341 e. The number of fused-ring (bicyclic) bond motifs is 1. The van der Waals surface area contributed by atoms with Crippen molar-refractivity contribution in [3.8, 4) is 0 Å². The summed E-state index contributed by atoms with van der Waals surface area (Å²) in [5.74, 6) is 0.234. The third-order valence-electron chi connectivity index (χ3n) is 6.08. The molecular weight excluding hydrogens is 390 g/mol. The van der Waals surface area contributed by atoms with Crippen molar-refractivity contribution in [1.82, 2.24) is 4.90 Å². The van der Waals surface area contributed by atoms with Gasteiger partial charge in [-0.05, 0) is 44.6 Å². The van der Waals surface area contributed by atoms with E-state index >= 15 is 0 Å². The Morgan fingerprint density at radius 3 is 2.62 bits per heavy atom. The number of esters is 1. The molecule has 1 aromatic heterocycles. The third-order valence-corrected chi connectivity index (χ3v) is 7.25. The molecule has 0 radical (unpaired) electrons. The highest BCUT2D eigenvalue weighted by molar-refractivity contribution is 7.17. The molecule has 8 heteroatoms. The second-order valence-electron chi connectivity index (χ2n) is 8.15. The average Bonchev–Trinajstić information content (AvgIpc) is 3.04. The van der Waals surface area contributed by atoms with Crippen LogP contribution in [0.15, 0.2) is 0 Å². The number of anilines is 1. The van der Waals surface area contributed by atoms with E-state index in [1.54, 1.807) is 13.8 Å². The normalized spacial score (nSPS) is 20.7. The molecular formula is C21H32N3O4S+. The van der Waals surface area contributed by atoms with Crippen molar-refractivity contribution in [2.45, 2.75) is 53.0 Å². The molecule has 2 amide bonds. The van der Waals surface area contributed by atoms with Crippen molar-refractivity contribution in [1.29, 1.82) is 0 Å². The molecule has 0 saturated carbocycles. The number of amides is 2. The van der Waals surface area contributed by atoms with Crippen LogP contribution >= 0.6 is 11.3 Å². The van der Waals surface area contributed by atoms with Crippen LogP contribution in [0, 0.1) is 5.92 Å². The van der Waals surface area contributed by atoms with E-state index in [1.165, 1.54) is 16.2 Å². The SMILES string of the molecule is CCOC(=O)c1c(NC(=O)[C@@H](C)[NH+]2CCN(C(C)=O)CC2)sc2c1CC[C@@H](C)C2. The van der Waals surface area contributed by atoms with Crippen molar-refractivity contribution in [3.05, 3.63) is 16.0 Å². The lowest BCUT2D eigenvalue weighted by Gasteiger charge is -2.34. The Bertz CT molecular complexity index is 783. The summed E-state index contributed by atoms with van der Waals surface area (Å²) in [6.07, 6.45) is 2.84. The van der Waals surface area contributed by atoms with Gasteiger partial charge in [0.15, 0.2) is 6.04 Å². The molecule has 2 heterocycles. The van der Waals surface area contributed by atoms with E-state index in [0.717, 1.165) is 42.8 Å². The molecule has 1 aromatic rings. The number of nitrogens with one attached hydrogen (secondary N) is 2. The average molecular weight is 423 g/mol. The molecule has 0 unspecified atom stereocenters. The highest BCUT2D eigenvalue weighted by Gasteiger charge is 2.33. The zero-order chi connectivity index (χ0) is 21.1. The van der Waals surface area contributed by atoms with Gasteiger partial charge in [0.25, 0.3) is 5.91 Å². The molecule has 1 saturated heterocycles. The Morgan fingerprint density at radius 2 is 2.00 bits per heavy atom. The van der Waals surface area contributed by atoms with E-state index in [2.05, 4.69) is 12.2 Å². The third kappa shape index (κ3) is 4.80. The minimum absolute atomic E-state index is 0.0821. The summed E-state index contributed by atoms with van der Waals surface area (Å²) in [7, 11) is 0. The molecule has 0 bridgehead atoms. The van der Waals surface area contributed by atoms with Gasteiger partial charge in [-0.25, -0.2) is 4.79 Å². The van der Waals surface area contributed by atoms with Crippen LogP contribution in [0.3, 0.4) is 0 Å². The Morgan fingerprint density at radius 1 is 1.31 bits per heavy atom. The van der Waals surface area contributed by atoms with Gasteiger partial charge in [0, 0.05) is 11.8 Å². The molecule has 160 valence electrons. The maximum atomic E-state index is 13.0. The number of carbonyl (C=O) groups is 3. The van der Waals surface area contributed by atoms with Crippen LogP contribution in [-0.2, 0) is 27.2 Å². The van der Waals surface area contributed by atoms with E-state index in [9.17, 15) is 14.4 Å². The van der Waals surface area contributed by atoms with Gasteiger partial charge in [-0.1, -0.05) is 6.92 Å². The Hall–Kier alpha value is -1.93. The Kier molecular flexibility index (Phi) is 6.95. The molecule has 29 heavy (non-hydrogen) atoms. The van der Waals surface area contributed by atoms with Crippen LogP contribution in [0.5, 0.6) is 0 Å². The zero-order valence-corrected chi connectivity index (χ0v) is 18.6. The lowest BCUT2D eigenvalue weighted by Crippen LogP contribution is -3.19. The molecule has 0 spiro atoms. The van der Waals surface area contributed by atoms with Crippen molar-refractivity contribution in [3.63, 3.8) is 0 Å². The summed E-state index contributed by atoms with van der Waals surface area (Å²) in [5.41, 5.74) is 1.60. The van der Waals surface area contributed by atoms with Gasteiger partial charge in [0.2, 0.25) is 5.91 Å². The van der Waals surface area contributed by atoms with E-state index < -0.39 is 0 Å². The lowest BCUT2D eigenvalue weighted by atomic mass is 9.88. The maximum absolute atomic E-state index is 13.0. The summed E-state index contributed by atoms with van der Waals surface area (Å²) in [6.45, 7) is 10.7. The molecule has 0 aromatic carbocycles. The van der Waals surface area contributed by atoms with Crippen molar-refractivity contribution >= 4 is 34.1 Å². The van der Waals surface area contributed by atoms with E-state index in [4.69, 9.17) is 4.74 Å². The van der Waals surface area contributed by atoms with Crippen molar-refractivity contribution in [2.24, 2.45) is 5.92 Å². The number of hydrogen-bond acceptors (Lipinski definition) is 5. The van der Waals surface area contributed by atoms with E-state index in [0.29, 0.717) is 36.2 Å². The van der Waals surface area contributed by atoms with Gasteiger partial charge in [-0.2, -0.15) is 0 Å². The number of carbonyl (C=O) groups excluding carboxylic acids is 3. The highest BCUT2D eigenvalue weighted by Crippen LogP contribution is 2.40. The fourth-order valence-electron chi connectivity index (χ4n) is 4.21. The lowest BCUT2D eigenvalue weighted by molar-refractivity contribution is -0.917. The summed E-state index contributed by atoms with van der Waals surface area (Å²) < 4.78 is 5.29. The highest BCUT2D eigenvalue weighted by atomic mass is 32.1. The zero-order valence-electron chi connectivity index (χ0n) is 17.8. The predicted molar refractivity (Wildman–Crippen MR) is 113 cm³/mol. The first-order valence-electron chi connectivity index (χ1n) is 10.5. The van der Waals surface area contributed by atoms with Crippen LogP contribution < -0.4 is 10.2 Å². The first-order chi connectivity index (χ1) is 13.8. The number of quaternary nitrogens is 1. The van der Waals surface area contributed by atoms with Gasteiger partial charge >= 0.3 is 5.97 Å². The minimum Gasteiger partial charge on any atom is -0.462 e. The monoisotopic (exact) mass is 422 g/mol. The molecule has 2 aliphatic rings. The van der Waals surface area contributed by atoms with Crippen LogP contribution in [0.2, 0.25) is 0 Å². The smallest absolute Gasteiger partial charge is 0.341 e. The minimum atomic E-state index is -0.343. The van der Waals surface area contributed by atoms with Crippen LogP contribution in [0.25, 0.3) is 0 Å². The summed E-state index contributed by atoms with van der Waals surface area (Å²) in [4.78, 5) is 41.3. The number of ether oxygens (including phenoxy) is 1. The fourth-order valence-corrected chi connectivity index (χ4v) is 5.61. The quantitative estimate of drug-likeness (QED) is 0.697. The first-order valence-corrected chi connectivity index (χ1v) is 11.4. The topological polar surface area (TPSA) is 80.2 Å². The number of nitrogens with zero attached hydrogens (tertiary/aromatic N) is 1. The molecule has 7 nitrogen and oxygen atoms in total. The largest absolute Gasteiger partial charge is 0.462 e. The number of thiophene rings is 1. The first kappa shape index (κ1) is 21.8. The Balaban J connectivity index is 1.74.